The molecule has 0 fully saturated rings. The maximum Gasteiger partial charge on any atom is 0.131 e. The predicted molar refractivity (Wildman–Crippen MR) is 92.9 cm³/mol. The Labute approximate surface area is 143 Å². The van der Waals surface area contributed by atoms with Crippen molar-refractivity contribution in [2.45, 2.75) is 52.2 Å². The largest absolute Gasteiger partial charge is 0.395 e. The molecular weight excluding hydrogens is 305 g/mol. The van der Waals surface area contributed by atoms with Gasteiger partial charge in [0.15, 0.2) is 0 Å². The molecule has 0 radical (unpaired) electrons. The van der Waals surface area contributed by atoms with Gasteiger partial charge in [-0.3, -0.25) is 4.90 Å². The monoisotopic (exact) mass is 331 g/mol. The zero-order chi connectivity index (χ0) is 17.5. The summed E-state index contributed by atoms with van der Waals surface area (Å²) in [6.45, 7) is 7.53. The summed E-state index contributed by atoms with van der Waals surface area (Å²) in [6, 6.07) is 8.45. The topological polar surface area (TPSA) is 49.2 Å². The molecule has 2 rings (SSSR count). The number of rotatable bonds is 8. The number of aliphatic hydroxyl groups is 1. The highest BCUT2D eigenvalue weighted by Crippen LogP contribution is 2.16. The van der Waals surface area contributed by atoms with Gasteiger partial charge < -0.3 is 5.11 Å². The third-order valence-electron chi connectivity index (χ3n) is 4.11. The number of hydrogen-bond acceptors (Lipinski definition) is 4. The van der Waals surface area contributed by atoms with Gasteiger partial charge in [0, 0.05) is 31.2 Å². The standard InChI is InChI=1S/C19H26FN3O/c1-4-18(13-24)23(11-15-5-7-16(20)8-6-15)12-17-9-10-21-19(22-17)14(2)3/h5-10,14,18,24H,4,11-13H2,1-3H3/t18-/m1/s1. The van der Waals surface area contributed by atoms with Crippen molar-refractivity contribution in [2.24, 2.45) is 0 Å². The summed E-state index contributed by atoms with van der Waals surface area (Å²) in [6.07, 6.45) is 2.62. The first-order valence-corrected chi connectivity index (χ1v) is 8.44. The smallest absolute Gasteiger partial charge is 0.131 e. The van der Waals surface area contributed by atoms with Gasteiger partial charge in [-0.05, 0) is 30.2 Å². The van der Waals surface area contributed by atoms with Crippen LogP contribution < -0.4 is 0 Å². The van der Waals surface area contributed by atoms with Crippen LogP contribution in [-0.4, -0.2) is 32.6 Å². The zero-order valence-corrected chi connectivity index (χ0v) is 14.6. The van der Waals surface area contributed by atoms with Crippen molar-refractivity contribution in [3.63, 3.8) is 0 Å². The lowest BCUT2D eigenvalue weighted by Crippen LogP contribution is -2.37. The van der Waals surface area contributed by atoms with Gasteiger partial charge >= 0.3 is 0 Å². The van der Waals surface area contributed by atoms with Crippen molar-refractivity contribution in [3.8, 4) is 0 Å². The first-order chi connectivity index (χ1) is 11.5. The summed E-state index contributed by atoms with van der Waals surface area (Å²) in [4.78, 5) is 11.1. The van der Waals surface area contributed by atoms with E-state index in [0.29, 0.717) is 13.1 Å². The maximum absolute atomic E-state index is 13.1. The minimum Gasteiger partial charge on any atom is -0.395 e. The highest BCUT2D eigenvalue weighted by atomic mass is 19.1. The second-order valence-corrected chi connectivity index (χ2v) is 6.34. The summed E-state index contributed by atoms with van der Waals surface area (Å²) in [5.74, 6) is 0.860. The summed E-state index contributed by atoms with van der Waals surface area (Å²) >= 11 is 0. The van der Waals surface area contributed by atoms with Crippen LogP contribution in [0.5, 0.6) is 0 Å². The number of aromatic nitrogens is 2. The van der Waals surface area contributed by atoms with Crippen molar-refractivity contribution in [1.29, 1.82) is 0 Å². The fraction of sp³-hybridized carbons (Fsp3) is 0.474. The lowest BCUT2D eigenvalue weighted by atomic mass is 10.1. The summed E-state index contributed by atoms with van der Waals surface area (Å²) in [7, 11) is 0. The highest BCUT2D eigenvalue weighted by molar-refractivity contribution is 5.16. The van der Waals surface area contributed by atoms with Crippen molar-refractivity contribution in [1.82, 2.24) is 14.9 Å². The van der Waals surface area contributed by atoms with Crippen molar-refractivity contribution >= 4 is 0 Å². The van der Waals surface area contributed by atoms with E-state index in [1.165, 1.54) is 12.1 Å². The Bertz CT molecular complexity index is 627. The molecule has 1 atom stereocenters. The minimum atomic E-state index is -0.239. The van der Waals surface area contributed by atoms with Crippen LogP contribution in [0.3, 0.4) is 0 Å². The van der Waals surface area contributed by atoms with Crippen LogP contribution in [0.25, 0.3) is 0 Å². The van der Waals surface area contributed by atoms with Gasteiger partial charge in [0.25, 0.3) is 0 Å². The molecule has 1 heterocycles. The van der Waals surface area contributed by atoms with Crippen LogP contribution in [0.1, 0.15) is 50.2 Å². The molecule has 0 aliphatic rings. The Morgan fingerprint density at radius 1 is 1.12 bits per heavy atom. The molecule has 24 heavy (non-hydrogen) atoms. The molecule has 0 amide bonds. The molecule has 5 heteroatoms. The summed E-state index contributed by atoms with van der Waals surface area (Å²) in [5.41, 5.74) is 1.95. The van der Waals surface area contributed by atoms with Crippen LogP contribution in [-0.2, 0) is 13.1 Å². The van der Waals surface area contributed by atoms with E-state index in [9.17, 15) is 9.50 Å². The van der Waals surface area contributed by atoms with Crippen LogP contribution in [0, 0.1) is 5.82 Å². The number of hydrogen-bond donors (Lipinski definition) is 1. The Hall–Kier alpha value is -1.85. The molecule has 0 bridgehead atoms. The van der Waals surface area contributed by atoms with Crippen molar-refractivity contribution in [3.05, 3.63) is 59.4 Å². The fourth-order valence-electron chi connectivity index (χ4n) is 2.63. The molecule has 0 aliphatic heterocycles. The quantitative estimate of drug-likeness (QED) is 0.804. The van der Waals surface area contributed by atoms with E-state index in [0.717, 1.165) is 23.5 Å². The van der Waals surface area contributed by atoms with Gasteiger partial charge in [0.05, 0.1) is 12.3 Å². The summed E-state index contributed by atoms with van der Waals surface area (Å²) in [5, 5.41) is 9.70. The van der Waals surface area contributed by atoms with Gasteiger partial charge in [-0.15, -0.1) is 0 Å². The molecule has 1 N–H and O–H groups in total. The van der Waals surface area contributed by atoms with E-state index in [1.54, 1.807) is 18.3 Å². The summed E-state index contributed by atoms with van der Waals surface area (Å²) < 4.78 is 13.1. The van der Waals surface area contributed by atoms with Gasteiger partial charge in [-0.2, -0.15) is 0 Å². The number of benzene rings is 1. The molecule has 2 aromatic rings. The molecule has 0 spiro atoms. The molecule has 0 saturated heterocycles. The molecule has 1 aromatic carbocycles. The Morgan fingerprint density at radius 2 is 1.83 bits per heavy atom. The maximum atomic E-state index is 13.1. The molecular formula is C19H26FN3O. The SMILES string of the molecule is CC[C@H](CO)N(Cc1ccc(F)cc1)Cc1ccnc(C(C)C)n1. The molecule has 0 saturated carbocycles. The van der Waals surface area contributed by atoms with Crippen molar-refractivity contribution in [2.75, 3.05) is 6.61 Å². The average molecular weight is 331 g/mol. The van der Waals surface area contributed by atoms with E-state index in [-0.39, 0.29) is 24.4 Å². The molecule has 1 aromatic heterocycles. The second kappa shape index (κ2) is 8.85. The van der Waals surface area contributed by atoms with E-state index >= 15 is 0 Å². The average Bonchev–Trinajstić information content (AvgIpc) is 2.58. The minimum absolute atomic E-state index is 0.0347. The first kappa shape index (κ1) is 18.5. The van der Waals surface area contributed by atoms with Crippen LogP contribution in [0.15, 0.2) is 36.5 Å². The Morgan fingerprint density at radius 3 is 2.42 bits per heavy atom. The van der Waals surface area contributed by atoms with Crippen LogP contribution >= 0.6 is 0 Å². The van der Waals surface area contributed by atoms with E-state index in [4.69, 9.17) is 0 Å². The van der Waals surface area contributed by atoms with Gasteiger partial charge in [0.1, 0.15) is 11.6 Å². The third kappa shape index (κ3) is 5.08. The van der Waals surface area contributed by atoms with E-state index in [2.05, 4.69) is 35.6 Å². The highest BCUT2D eigenvalue weighted by Gasteiger charge is 2.18. The van der Waals surface area contributed by atoms with Crippen LogP contribution in [0.4, 0.5) is 4.39 Å². The number of nitrogens with zero attached hydrogens (tertiary/aromatic N) is 3. The van der Waals surface area contributed by atoms with Gasteiger partial charge in [-0.1, -0.05) is 32.9 Å². The second-order valence-electron chi connectivity index (χ2n) is 6.34. The number of halogens is 1. The van der Waals surface area contributed by atoms with E-state index < -0.39 is 0 Å². The predicted octanol–water partition coefficient (Wildman–Crippen LogP) is 3.51. The molecule has 0 aliphatic carbocycles. The number of aliphatic hydroxyl groups excluding tert-OH is 1. The molecule has 130 valence electrons. The normalized spacial score (nSPS) is 12.8. The Balaban J connectivity index is 2.19. The van der Waals surface area contributed by atoms with Gasteiger partial charge in [0.2, 0.25) is 0 Å². The first-order valence-electron chi connectivity index (χ1n) is 8.44. The van der Waals surface area contributed by atoms with Gasteiger partial charge in [-0.25, -0.2) is 14.4 Å². The lowest BCUT2D eigenvalue weighted by Gasteiger charge is -2.29. The lowest BCUT2D eigenvalue weighted by molar-refractivity contribution is 0.105. The van der Waals surface area contributed by atoms with Crippen molar-refractivity contribution < 1.29 is 9.50 Å². The van der Waals surface area contributed by atoms with Crippen LogP contribution in [0.2, 0.25) is 0 Å². The Kier molecular flexibility index (Phi) is 6.82. The molecule has 4 nitrogen and oxygen atoms in total. The van der Waals surface area contributed by atoms with E-state index in [1.807, 2.05) is 6.07 Å². The third-order valence-corrected chi connectivity index (χ3v) is 4.11. The zero-order valence-electron chi connectivity index (χ0n) is 14.6. The molecule has 0 unspecified atom stereocenters. The fourth-order valence-corrected chi connectivity index (χ4v) is 2.63.